The topological polar surface area (TPSA) is 90.7 Å². The van der Waals surface area contributed by atoms with E-state index in [0.29, 0.717) is 11.4 Å². The lowest BCUT2D eigenvalue weighted by Crippen LogP contribution is -2.20. The second-order valence-electron chi connectivity index (χ2n) is 5.73. The van der Waals surface area contributed by atoms with Crippen LogP contribution in [-0.4, -0.2) is 24.5 Å². The molecule has 0 fully saturated rings. The van der Waals surface area contributed by atoms with Crippen LogP contribution in [0.15, 0.2) is 42.5 Å². The van der Waals surface area contributed by atoms with E-state index in [1.807, 2.05) is 24.3 Å². The molecule has 1 amide bonds. The van der Waals surface area contributed by atoms with Gasteiger partial charge in [0.15, 0.2) is 6.61 Å². The van der Waals surface area contributed by atoms with Gasteiger partial charge in [-0.2, -0.15) is 0 Å². The molecule has 0 atom stereocenters. The quantitative estimate of drug-likeness (QED) is 0.541. The zero-order valence-electron chi connectivity index (χ0n) is 14.9. The summed E-state index contributed by atoms with van der Waals surface area (Å²) in [6, 6.07) is 11.8. The average Bonchev–Trinajstić information content (AvgIpc) is 2.65. The molecule has 0 saturated carbocycles. The molecule has 0 spiro atoms. The van der Waals surface area contributed by atoms with Crippen LogP contribution < -0.4 is 14.8 Å². The first-order valence-electron chi connectivity index (χ1n) is 8.37. The van der Waals surface area contributed by atoms with Crippen LogP contribution in [0.3, 0.4) is 0 Å². The number of carbonyl (C=O) groups is 1. The van der Waals surface area contributed by atoms with Crippen molar-refractivity contribution in [1.82, 2.24) is 0 Å². The van der Waals surface area contributed by atoms with Gasteiger partial charge in [-0.05, 0) is 36.6 Å². The zero-order chi connectivity index (χ0) is 18.9. The highest BCUT2D eigenvalue weighted by molar-refractivity contribution is 5.91. The molecular weight excluding hydrogens is 336 g/mol. The van der Waals surface area contributed by atoms with Gasteiger partial charge in [-0.15, -0.1) is 0 Å². The Bertz CT molecular complexity index is 759. The van der Waals surface area contributed by atoms with Crippen molar-refractivity contribution in [1.29, 1.82) is 0 Å². The van der Waals surface area contributed by atoms with Gasteiger partial charge in [0, 0.05) is 17.8 Å². The summed E-state index contributed by atoms with van der Waals surface area (Å²) in [5.41, 5.74) is 1.77. The first-order valence-corrected chi connectivity index (χ1v) is 8.37. The van der Waals surface area contributed by atoms with Gasteiger partial charge in [0.25, 0.3) is 5.91 Å². The molecule has 1 N–H and O–H groups in total. The normalized spacial score (nSPS) is 10.2. The molecule has 0 heterocycles. The van der Waals surface area contributed by atoms with Crippen molar-refractivity contribution >= 4 is 17.3 Å². The highest BCUT2D eigenvalue weighted by atomic mass is 16.6. The van der Waals surface area contributed by atoms with E-state index in [4.69, 9.17) is 9.47 Å². The number of nitrogens with zero attached hydrogens (tertiary/aromatic N) is 1. The second-order valence-corrected chi connectivity index (χ2v) is 5.73. The third-order valence-corrected chi connectivity index (χ3v) is 3.77. The van der Waals surface area contributed by atoms with Crippen LogP contribution in [0.2, 0.25) is 0 Å². The van der Waals surface area contributed by atoms with E-state index >= 15 is 0 Å². The lowest BCUT2D eigenvalue weighted by Gasteiger charge is -2.09. The summed E-state index contributed by atoms with van der Waals surface area (Å²) in [6.07, 6.45) is 3.30. The lowest BCUT2D eigenvalue weighted by molar-refractivity contribution is -0.385. The van der Waals surface area contributed by atoms with E-state index in [2.05, 4.69) is 12.2 Å². The minimum atomic E-state index is -0.542. The van der Waals surface area contributed by atoms with Gasteiger partial charge in [-0.1, -0.05) is 25.5 Å². The Kier molecular flexibility index (Phi) is 6.96. The van der Waals surface area contributed by atoms with Gasteiger partial charge in [0.2, 0.25) is 5.75 Å². The van der Waals surface area contributed by atoms with Gasteiger partial charge in [-0.25, -0.2) is 0 Å². The number of hydrogen-bond donors (Lipinski definition) is 1. The maximum absolute atomic E-state index is 12.0. The summed E-state index contributed by atoms with van der Waals surface area (Å²) in [5.74, 6) is 0.0803. The molecule has 7 nitrogen and oxygen atoms in total. The Morgan fingerprint density at radius 1 is 1.19 bits per heavy atom. The molecular formula is C19H22N2O5. The number of nitro benzene ring substituents is 1. The molecule has 0 bridgehead atoms. The lowest BCUT2D eigenvalue weighted by atomic mass is 10.1. The standard InChI is InChI=1S/C19H22N2O5/c1-3-4-5-14-6-8-15(9-7-14)20-19(22)13-26-16-10-11-17(21(23)24)18(12-16)25-2/h6-12H,3-5,13H2,1-2H3,(H,20,22). The molecule has 2 aromatic carbocycles. The second kappa shape index (κ2) is 9.41. The Labute approximate surface area is 152 Å². The van der Waals surface area contributed by atoms with Crippen LogP contribution >= 0.6 is 0 Å². The number of rotatable bonds is 9. The number of amides is 1. The van der Waals surface area contributed by atoms with Gasteiger partial charge >= 0.3 is 5.69 Å². The van der Waals surface area contributed by atoms with Crippen LogP contribution in [0, 0.1) is 10.1 Å². The maximum Gasteiger partial charge on any atom is 0.311 e. The number of hydrogen-bond acceptors (Lipinski definition) is 5. The summed E-state index contributed by atoms with van der Waals surface area (Å²) in [7, 11) is 1.34. The SMILES string of the molecule is CCCCc1ccc(NC(=O)COc2ccc([N+](=O)[O-])c(OC)c2)cc1. The van der Waals surface area contributed by atoms with Crippen molar-refractivity contribution in [2.45, 2.75) is 26.2 Å². The van der Waals surface area contributed by atoms with E-state index in [1.54, 1.807) is 0 Å². The summed E-state index contributed by atoms with van der Waals surface area (Å²) >= 11 is 0. The van der Waals surface area contributed by atoms with E-state index in [0.717, 1.165) is 19.3 Å². The minimum Gasteiger partial charge on any atom is -0.490 e. The number of methoxy groups -OCH3 is 1. The van der Waals surface area contributed by atoms with Crippen LogP contribution in [-0.2, 0) is 11.2 Å². The van der Waals surface area contributed by atoms with E-state index in [-0.39, 0.29) is 24.0 Å². The smallest absolute Gasteiger partial charge is 0.311 e. The number of carbonyl (C=O) groups excluding carboxylic acids is 1. The van der Waals surface area contributed by atoms with Crippen molar-refractivity contribution < 1.29 is 19.2 Å². The third-order valence-electron chi connectivity index (χ3n) is 3.77. The van der Waals surface area contributed by atoms with Gasteiger partial charge in [0.05, 0.1) is 12.0 Å². The fourth-order valence-electron chi connectivity index (χ4n) is 2.38. The number of aryl methyl sites for hydroxylation is 1. The first kappa shape index (κ1) is 19.2. The summed E-state index contributed by atoms with van der Waals surface area (Å²) in [4.78, 5) is 22.3. The molecule has 0 radical (unpaired) electrons. The van der Waals surface area contributed by atoms with Crippen LogP contribution in [0.4, 0.5) is 11.4 Å². The summed E-state index contributed by atoms with van der Waals surface area (Å²) in [6.45, 7) is 1.94. The van der Waals surface area contributed by atoms with E-state index in [9.17, 15) is 14.9 Å². The Balaban J connectivity index is 1.89. The highest BCUT2D eigenvalue weighted by Crippen LogP contribution is 2.30. The summed E-state index contributed by atoms with van der Waals surface area (Å²) in [5, 5.41) is 13.6. The van der Waals surface area contributed by atoms with Crippen molar-refractivity contribution in [2.75, 3.05) is 19.0 Å². The third kappa shape index (κ3) is 5.47. The zero-order valence-corrected chi connectivity index (χ0v) is 14.9. The van der Waals surface area contributed by atoms with Gasteiger partial charge in [0.1, 0.15) is 5.75 Å². The van der Waals surface area contributed by atoms with Crippen LogP contribution in [0.25, 0.3) is 0 Å². The Morgan fingerprint density at radius 3 is 2.54 bits per heavy atom. The largest absolute Gasteiger partial charge is 0.490 e. The predicted molar refractivity (Wildman–Crippen MR) is 98.8 cm³/mol. The molecule has 0 aliphatic carbocycles. The van der Waals surface area contributed by atoms with Crippen LogP contribution in [0.5, 0.6) is 11.5 Å². The number of unbranched alkanes of at least 4 members (excludes halogenated alkanes) is 1. The van der Waals surface area contributed by atoms with Crippen LogP contribution in [0.1, 0.15) is 25.3 Å². The molecule has 0 aromatic heterocycles. The van der Waals surface area contributed by atoms with Gasteiger partial charge < -0.3 is 14.8 Å². The van der Waals surface area contributed by atoms with E-state index < -0.39 is 4.92 Å². The molecule has 7 heteroatoms. The molecule has 0 saturated heterocycles. The van der Waals surface area contributed by atoms with Crippen molar-refractivity contribution in [3.63, 3.8) is 0 Å². The molecule has 0 unspecified atom stereocenters. The molecule has 2 rings (SSSR count). The Hall–Kier alpha value is -3.09. The van der Waals surface area contributed by atoms with Crippen molar-refractivity contribution in [3.05, 3.63) is 58.1 Å². The number of nitrogens with one attached hydrogen (secondary N) is 1. The Morgan fingerprint density at radius 2 is 1.92 bits per heavy atom. The fourth-order valence-corrected chi connectivity index (χ4v) is 2.38. The molecule has 0 aliphatic rings. The van der Waals surface area contributed by atoms with E-state index in [1.165, 1.54) is 30.9 Å². The predicted octanol–water partition coefficient (Wildman–Crippen LogP) is 3.96. The number of nitro groups is 1. The summed E-state index contributed by atoms with van der Waals surface area (Å²) < 4.78 is 10.3. The molecule has 138 valence electrons. The van der Waals surface area contributed by atoms with Gasteiger partial charge in [-0.3, -0.25) is 14.9 Å². The molecule has 0 aliphatic heterocycles. The number of ether oxygens (including phenoxy) is 2. The number of benzene rings is 2. The molecule has 2 aromatic rings. The highest BCUT2D eigenvalue weighted by Gasteiger charge is 2.15. The monoisotopic (exact) mass is 358 g/mol. The van der Waals surface area contributed by atoms with Crippen molar-refractivity contribution in [3.8, 4) is 11.5 Å². The first-order chi connectivity index (χ1) is 12.5. The number of anilines is 1. The average molecular weight is 358 g/mol. The maximum atomic E-state index is 12.0. The van der Waals surface area contributed by atoms with Crippen molar-refractivity contribution in [2.24, 2.45) is 0 Å². The minimum absolute atomic E-state index is 0.0792. The molecule has 26 heavy (non-hydrogen) atoms. The fraction of sp³-hybridized carbons (Fsp3) is 0.316.